The number of aliphatic carboxylic acids is 5. The van der Waals surface area contributed by atoms with Crippen LogP contribution < -0.4 is 66.9 Å². The maximum Gasteiger partial charge on any atom is 0.345 e. The summed E-state index contributed by atoms with van der Waals surface area (Å²) in [6.45, 7) is 21.7. The van der Waals surface area contributed by atoms with Crippen LogP contribution in [0.5, 0.6) is 40.4 Å². The monoisotopic (exact) mass is 2010 g/mol. The van der Waals surface area contributed by atoms with Gasteiger partial charge in [0.05, 0.1) is 93.6 Å². The molecule has 0 saturated heterocycles. The number of primary amides is 5. The summed E-state index contributed by atoms with van der Waals surface area (Å²) in [5.41, 5.74) is 35.6. The predicted octanol–water partition coefficient (Wildman–Crippen LogP) is 11.3. The molecule has 768 valence electrons. The Hall–Kier alpha value is -17.6. The van der Waals surface area contributed by atoms with Crippen LogP contribution in [0.3, 0.4) is 0 Å². The molecule has 5 heterocycles. The number of carboxylic acids is 5. The largest absolute Gasteiger partial charge is 0.541 e. The summed E-state index contributed by atoms with van der Waals surface area (Å²) in [6, 6.07) is 57.3. The molecular weight excluding hydrogens is 1900 g/mol. The van der Waals surface area contributed by atoms with Crippen LogP contribution in [-0.2, 0) is 79.1 Å². The minimum atomic E-state index is -1.40. The second kappa shape index (κ2) is 47.1. The molecule has 0 bridgehead atoms. The van der Waals surface area contributed by atoms with Crippen molar-refractivity contribution in [2.45, 2.75) is 159 Å². The minimum absolute atomic E-state index is 0.0109. The van der Waals surface area contributed by atoms with E-state index in [0.717, 1.165) is 16.7 Å². The van der Waals surface area contributed by atoms with E-state index in [2.05, 4.69) is 4.98 Å². The SMILES string of the molecule is CC1=C(C(=O)C(N)=O)c2c(OC(C(=O)O)C(C)C)cccc2C1COc1ccccc1OCn1c(C)c(C(=O)C(N)=O)c2c(OC(C(=O)O)C(C)C)cccc21.CCC(Oc1nccc2c1c(C(=O)C(N)=O)c(C)n2Cc1ccccc1)C(=O)O.Cc1c(C(=O)C(N)=O)c2c(OC(C(=O)[O-])[N+](C)(C)C)cccc2n1Cc1ccccc1.Cc1c(C(=O)C(N)=O)c2c(OC(CC(C)C)C(=O)O)cccc2n1Cc1ccccc1. The summed E-state index contributed by atoms with van der Waals surface area (Å²) >= 11 is 0. The maximum atomic E-state index is 13.2. The van der Waals surface area contributed by atoms with E-state index in [0.29, 0.717) is 98.6 Å². The lowest BCUT2D eigenvalue weighted by molar-refractivity contribution is -0.907. The number of nitrogens with two attached hydrogens (primary N) is 5. The third-order valence-electron chi connectivity index (χ3n) is 24.6. The van der Waals surface area contributed by atoms with E-state index in [4.69, 9.17) is 61.8 Å². The van der Waals surface area contributed by atoms with Gasteiger partial charge in [-0.05, 0) is 136 Å². The Morgan fingerprint density at radius 3 is 1.11 bits per heavy atom. The first-order valence-electron chi connectivity index (χ1n) is 46.6. The van der Waals surface area contributed by atoms with Gasteiger partial charge in [-0.2, -0.15) is 0 Å². The molecule has 14 rings (SSSR count). The molecule has 14 N–H and O–H groups in total. The number of Topliss-reactive ketones (excluding diaryl/α,β-unsaturated/α-hetero) is 5. The van der Waals surface area contributed by atoms with Crippen LogP contribution >= 0.6 is 0 Å². The molecule has 38 heteroatoms. The van der Waals surface area contributed by atoms with Crippen LogP contribution in [-0.4, -0.2) is 195 Å². The second-order valence-electron chi connectivity index (χ2n) is 36.8. The normalized spacial score (nSPS) is 13.1. The van der Waals surface area contributed by atoms with Crippen molar-refractivity contribution >= 4 is 137 Å². The third-order valence-corrected chi connectivity index (χ3v) is 24.6. The molecule has 38 nitrogen and oxygen atoms in total. The number of quaternary nitrogens is 1. The van der Waals surface area contributed by atoms with Gasteiger partial charge in [-0.3, -0.25) is 52.4 Å². The number of nitrogens with zero attached hydrogens (tertiary/aromatic N) is 6. The number of aromatic nitrogens is 5. The fourth-order valence-corrected chi connectivity index (χ4v) is 17.4. The van der Waals surface area contributed by atoms with Gasteiger partial charge in [-0.1, -0.05) is 187 Å². The van der Waals surface area contributed by atoms with E-state index in [9.17, 15) is 97.5 Å². The Kier molecular flexibility index (Phi) is 35.2. The van der Waals surface area contributed by atoms with Gasteiger partial charge in [-0.15, -0.1) is 0 Å². The molecule has 6 unspecified atom stereocenters. The number of para-hydroxylation sites is 2. The molecule has 8 aromatic carbocycles. The first-order valence-corrected chi connectivity index (χ1v) is 46.6. The van der Waals surface area contributed by atoms with Crippen molar-refractivity contribution in [3.05, 3.63) is 279 Å². The Morgan fingerprint density at radius 1 is 0.388 bits per heavy atom. The zero-order valence-electron chi connectivity index (χ0n) is 83.4. The quantitative estimate of drug-likeness (QED) is 0.00742. The number of ketones is 5. The number of ether oxygens (including phenoxy) is 7. The molecule has 0 fully saturated rings. The van der Waals surface area contributed by atoms with Crippen molar-refractivity contribution in [2.24, 2.45) is 46.4 Å². The summed E-state index contributed by atoms with van der Waals surface area (Å²) in [7, 11) is 4.96. The number of carbonyl (C=O) groups is 15. The van der Waals surface area contributed by atoms with E-state index in [-0.39, 0.29) is 109 Å². The molecule has 0 saturated carbocycles. The Morgan fingerprint density at radius 2 is 0.735 bits per heavy atom. The Labute approximate surface area is 843 Å². The van der Waals surface area contributed by atoms with Crippen LogP contribution in [0.15, 0.2) is 206 Å². The molecule has 5 aromatic heterocycles. The fraction of sp³-hybridized carbons (Fsp3) is 0.284. The highest BCUT2D eigenvalue weighted by Crippen LogP contribution is 2.49. The molecular formula is C109H115N11O27. The summed E-state index contributed by atoms with van der Waals surface area (Å²) in [4.78, 5) is 187. The molecule has 1 aliphatic carbocycles. The van der Waals surface area contributed by atoms with Crippen molar-refractivity contribution in [3.63, 3.8) is 0 Å². The lowest BCUT2D eigenvalue weighted by Gasteiger charge is -2.34. The van der Waals surface area contributed by atoms with Gasteiger partial charge in [0.2, 0.25) is 5.88 Å². The number of carbonyl (C=O) groups excluding carboxylic acids is 11. The van der Waals surface area contributed by atoms with E-state index >= 15 is 0 Å². The molecule has 1 aliphatic rings. The number of rotatable bonds is 43. The first-order chi connectivity index (χ1) is 69.5. The van der Waals surface area contributed by atoms with Crippen molar-refractivity contribution in [3.8, 4) is 40.4 Å². The van der Waals surface area contributed by atoms with Crippen molar-refractivity contribution in [1.82, 2.24) is 23.3 Å². The van der Waals surface area contributed by atoms with Crippen molar-refractivity contribution in [1.29, 1.82) is 0 Å². The summed E-state index contributed by atoms with van der Waals surface area (Å²) in [6.07, 6.45) is -4.06. The van der Waals surface area contributed by atoms with Gasteiger partial charge in [0, 0.05) is 77.5 Å². The molecule has 0 radical (unpaired) electrons. The summed E-state index contributed by atoms with van der Waals surface area (Å²) in [5.74, 6) is -16.4. The van der Waals surface area contributed by atoms with Crippen LogP contribution in [0.4, 0.5) is 0 Å². The van der Waals surface area contributed by atoms with Gasteiger partial charge in [0.1, 0.15) is 29.0 Å². The number of pyridine rings is 1. The highest BCUT2D eigenvalue weighted by atomic mass is 16.6. The first kappa shape index (κ1) is 110. The van der Waals surface area contributed by atoms with Gasteiger partial charge < -0.3 is 110 Å². The number of amides is 5. The average molecular weight is 2010 g/mol. The zero-order valence-corrected chi connectivity index (χ0v) is 83.4. The van der Waals surface area contributed by atoms with Crippen LogP contribution in [0.2, 0.25) is 0 Å². The number of hydrogen-bond acceptors (Lipinski definition) is 24. The lowest BCUT2D eigenvalue weighted by atomic mass is 9.97. The number of fused-ring (bicyclic) bond motifs is 5. The average Bonchev–Trinajstić information content (AvgIpc) is 1.61. The smallest absolute Gasteiger partial charge is 0.345 e. The van der Waals surface area contributed by atoms with Crippen LogP contribution in [0, 0.1) is 45.4 Å². The Balaban J connectivity index is 0.000000195. The molecule has 0 aliphatic heterocycles. The topological polar surface area (TPSA) is 587 Å². The van der Waals surface area contributed by atoms with Gasteiger partial charge in [0.25, 0.3) is 64.7 Å². The minimum Gasteiger partial charge on any atom is -0.541 e. The molecule has 13 aromatic rings. The number of likely N-dealkylation sites (N-methyl/N-ethyl adjacent to an activating group) is 1. The van der Waals surface area contributed by atoms with Crippen LogP contribution in [0.25, 0.3) is 49.2 Å². The van der Waals surface area contributed by atoms with Crippen molar-refractivity contribution in [2.75, 3.05) is 27.7 Å². The second-order valence-corrected chi connectivity index (χ2v) is 36.8. The van der Waals surface area contributed by atoms with Gasteiger partial charge in [-0.25, -0.2) is 24.2 Å². The Bertz CT molecular complexity index is 7350. The highest BCUT2D eigenvalue weighted by molar-refractivity contribution is 6.54. The number of hydrogen-bond donors (Lipinski definition) is 9. The van der Waals surface area contributed by atoms with E-state index in [1.165, 1.54) is 18.3 Å². The van der Waals surface area contributed by atoms with E-state index in [1.54, 1.807) is 180 Å². The lowest BCUT2D eigenvalue weighted by Crippen LogP contribution is -2.57. The predicted molar refractivity (Wildman–Crippen MR) is 539 cm³/mol. The standard InChI is InChI=1S/C41H43N3O12.C24H26N2O5.C23H25N3O5.C21H21N3O5/c1-19(2)36(40(49)50)55-28-15-9-11-23-24(21(5)30(32(23)28)34(45)38(42)47)17-53-26-13-7-8-14-27(26)54-18-44-22(6)31(35(46)39(43)48)33-25(44)12-10-16-29(33)56-37(20(3)4)41(51)52;1-14(2)12-19(24(29)30)31-18-11-7-10-17-21(18)20(22(27)23(25)28)15(3)26(17)13-16-8-5-4-6-9-16;1-14-18(20(27)21(24)28)19-16(25(14)13-15-9-6-5-7-10-15)11-8-12-17(19)31-22(23(29)30)26(2,3)4;1-3-15(21(27)28)29-20-17-14(9-10-23-20)24(11-13-7-5-4-6-8-13)12(2)16(17)18(25)19(22)26/h7-16,19-20,24,36-37H,17-18H2,1-6H3,(H2,42,47)(H2,43,48)(H,49,50)(H,51,52);4-11,14,19H,12-13H2,1-3H3,(H2,25,28)(H,29,30);5-12,22H,13H2,1-4H3,(H2-,24,28,29,30);4-10,15H,3,11H2,1-2H3,(H2,22,26)(H,27,28). The molecule has 147 heavy (non-hydrogen) atoms. The zero-order chi connectivity index (χ0) is 108. The fourth-order valence-electron chi connectivity index (χ4n) is 17.4. The maximum absolute atomic E-state index is 13.2. The van der Waals surface area contributed by atoms with Crippen molar-refractivity contribution < 1.29 is 135 Å². The third kappa shape index (κ3) is 24.5. The number of carboxylic acid groups (broad SMARTS) is 5. The molecule has 6 atom stereocenters. The molecule has 5 amide bonds. The van der Waals surface area contributed by atoms with E-state index in [1.807, 2.05) is 125 Å². The van der Waals surface area contributed by atoms with Crippen LogP contribution in [0.1, 0.15) is 166 Å². The summed E-state index contributed by atoms with van der Waals surface area (Å²) < 4.78 is 48.9. The van der Waals surface area contributed by atoms with Gasteiger partial charge in [0.15, 0.2) is 42.6 Å². The summed E-state index contributed by atoms with van der Waals surface area (Å²) in [5, 5.41) is 51.5. The number of benzene rings is 8. The van der Waals surface area contributed by atoms with Gasteiger partial charge >= 0.3 is 23.9 Å². The van der Waals surface area contributed by atoms with E-state index < -0.39 is 137 Å². The highest BCUT2D eigenvalue weighted by Gasteiger charge is 2.41. The molecule has 0 spiro atoms.